The van der Waals surface area contributed by atoms with E-state index in [1.165, 1.54) is 52.1 Å². The van der Waals surface area contributed by atoms with Gasteiger partial charge in [0.2, 0.25) is 5.28 Å². The van der Waals surface area contributed by atoms with E-state index in [2.05, 4.69) is 160 Å². The number of nitrogens with two attached hydrogens (primary N) is 2. The fourth-order valence-electron chi connectivity index (χ4n) is 9.47. The molecule has 0 bridgehead atoms. The third kappa shape index (κ3) is 25.3. The molecule has 8 N–H and O–H groups in total. The molecule has 100 heavy (non-hydrogen) atoms. The molecule has 0 saturated carbocycles. The predicted molar refractivity (Wildman–Crippen MR) is 404 cm³/mol. The fraction of sp³-hybridized carbons (Fsp3) is 0.103. The number of fused-ring (bicyclic) bond motifs is 2. The Morgan fingerprint density at radius 3 is 1.25 bits per heavy atom. The number of hydrogen-bond acceptors (Lipinski definition) is 16. The van der Waals surface area contributed by atoms with Crippen molar-refractivity contribution in [1.29, 1.82) is 0 Å². The highest BCUT2D eigenvalue weighted by Crippen LogP contribution is 2.27. The normalized spacial score (nSPS) is 10.2. The number of rotatable bonds is 16. The fourth-order valence-corrected chi connectivity index (χ4v) is 10.1. The van der Waals surface area contributed by atoms with Crippen molar-refractivity contribution in [2.45, 2.75) is 51.9 Å². The van der Waals surface area contributed by atoms with Crippen LogP contribution in [-0.4, -0.2) is 69.8 Å². The molecule has 0 aliphatic carbocycles. The number of hydrogen-bond donors (Lipinski definition) is 6. The number of anilines is 2. The molecule has 0 atom stereocenters. The van der Waals surface area contributed by atoms with Crippen molar-refractivity contribution in [1.82, 2.24) is 69.8 Å². The van der Waals surface area contributed by atoms with Crippen molar-refractivity contribution in [2.75, 3.05) is 10.6 Å². The van der Waals surface area contributed by atoms with Crippen molar-refractivity contribution in [3.05, 3.63) is 358 Å². The van der Waals surface area contributed by atoms with Gasteiger partial charge in [0, 0.05) is 109 Å². The van der Waals surface area contributed by atoms with Gasteiger partial charge < -0.3 is 32.1 Å². The zero-order valence-corrected chi connectivity index (χ0v) is 57.4. The van der Waals surface area contributed by atoms with Gasteiger partial charge in [-0.25, -0.2) is 59.8 Å². The molecule has 0 aliphatic heterocycles. The SMILES string of the molecule is Clc1cc(Cl)ncn1.Clc1cc(NCc2ccccc2)ncn1.Clc1nccc(NCc2ccccc2)n1.NCc1ccccc1.NCc1ccccc1.c1ccc(CCc2cc(-c3c[nH]c4ncccc34)ncn2)cc1.c1ccc(CCc2ccnc(-c3c[nH]c4ncccc34)n2)cc1. The summed E-state index contributed by atoms with van der Waals surface area (Å²) in [6, 6.07) is 78.1. The molecule has 0 amide bonds. The number of aromatic amines is 2. The summed E-state index contributed by atoms with van der Waals surface area (Å²) < 4.78 is 0. The van der Waals surface area contributed by atoms with Gasteiger partial charge in [0.15, 0.2) is 5.82 Å². The number of H-pyrrole nitrogens is 2. The lowest BCUT2D eigenvalue weighted by molar-refractivity contribution is 0.902. The molecule has 0 radical (unpaired) electrons. The summed E-state index contributed by atoms with van der Waals surface area (Å²) >= 11 is 22.2. The quantitative estimate of drug-likeness (QED) is 0.0388. The van der Waals surface area contributed by atoms with Gasteiger partial charge in [-0.15, -0.1) is 0 Å². The molecule has 15 rings (SSSR count). The van der Waals surface area contributed by atoms with Gasteiger partial charge in [-0.1, -0.05) is 217 Å². The maximum Gasteiger partial charge on any atom is 0.224 e. The monoisotopic (exact) mass is 1400 g/mol. The van der Waals surface area contributed by atoms with Crippen LogP contribution >= 0.6 is 46.4 Å². The number of aromatic nitrogens is 14. The number of nitrogens with one attached hydrogen (secondary N) is 4. The van der Waals surface area contributed by atoms with Crippen LogP contribution in [0.25, 0.3) is 44.7 Å². The number of benzene rings is 6. The molecular weight excluding hydrogens is 1330 g/mol. The second-order valence-corrected chi connectivity index (χ2v) is 23.1. The summed E-state index contributed by atoms with van der Waals surface area (Å²) in [5.74, 6) is 2.22. The molecule has 0 unspecified atom stereocenters. The van der Waals surface area contributed by atoms with Crippen LogP contribution in [0.2, 0.25) is 20.7 Å². The third-order valence-electron chi connectivity index (χ3n) is 14.5. The van der Waals surface area contributed by atoms with Crippen molar-refractivity contribution in [2.24, 2.45) is 11.5 Å². The maximum atomic E-state index is 5.74. The highest BCUT2D eigenvalue weighted by molar-refractivity contribution is 6.33. The van der Waals surface area contributed by atoms with E-state index in [-0.39, 0.29) is 5.28 Å². The molecule has 0 saturated heterocycles. The number of nitrogens with zero attached hydrogens (tertiary/aromatic N) is 12. The van der Waals surface area contributed by atoms with Crippen molar-refractivity contribution in [3.63, 3.8) is 0 Å². The van der Waals surface area contributed by atoms with Crippen LogP contribution in [0.3, 0.4) is 0 Å². The van der Waals surface area contributed by atoms with Gasteiger partial charge in [-0.2, -0.15) is 0 Å². The predicted octanol–water partition coefficient (Wildman–Crippen LogP) is 17.2. The van der Waals surface area contributed by atoms with E-state index in [4.69, 9.17) is 62.9 Å². The van der Waals surface area contributed by atoms with Crippen LogP contribution in [0.5, 0.6) is 0 Å². The van der Waals surface area contributed by atoms with E-state index in [1.807, 2.05) is 152 Å². The molecule has 9 aromatic heterocycles. The first-order valence-corrected chi connectivity index (χ1v) is 33.3. The van der Waals surface area contributed by atoms with Gasteiger partial charge in [0.25, 0.3) is 0 Å². The van der Waals surface area contributed by atoms with Crippen molar-refractivity contribution < 1.29 is 0 Å². The van der Waals surface area contributed by atoms with Gasteiger partial charge in [0.05, 0.1) is 5.69 Å². The summed E-state index contributed by atoms with van der Waals surface area (Å²) in [6.07, 6.45) is 19.1. The highest BCUT2D eigenvalue weighted by Gasteiger charge is 2.12. The molecule has 9 heterocycles. The molecule has 0 aliphatic rings. The summed E-state index contributed by atoms with van der Waals surface area (Å²) in [6.45, 7) is 2.74. The Morgan fingerprint density at radius 2 is 0.770 bits per heavy atom. The molecule has 18 nitrogen and oxygen atoms in total. The largest absolute Gasteiger partial charge is 0.366 e. The van der Waals surface area contributed by atoms with Gasteiger partial charge in [-0.3, -0.25) is 0 Å². The minimum Gasteiger partial charge on any atom is -0.366 e. The van der Waals surface area contributed by atoms with Crippen LogP contribution < -0.4 is 22.1 Å². The van der Waals surface area contributed by atoms with E-state index in [9.17, 15) is 0 Å². The Hall–Kier alpha value is -11.2. The summed E-state index contributed by atoms with van der Waals surface area (Å²) in [5.41, 5.74) is 25.0. The molecule has 0 fully saturated rings. The molecule has 502 valence electrons. The Balaban J connectivity index is 0.000000142. The van der Waals surface area contributed by atoms with Crippen molar-refractivity contribution >= 4 is 80.1 Å². The average molecular weight is 1400 g/mol. The minimum absolute atomic E-state index is 0.257. The van der Waals surface area contributed by atoms with E-state index in [0.29, 0.717) is 28.5 Å². The highest BCUT2D eigenvalue weighted by atomic mass is 35.5. The standard InChI is InChI=1S/2C19H16N4.2C11H10ClN3.2C7H9N.C4H2Cl2N2/c1-2-5-14(6-3-1)8-9-15-10-12-21-19(23-15)17-13-22-18-16(17)7-4-11-20-18;1-2-5-14(6-3-1)8-9-15-11-18(23-13-22-15)17-12-21-19-16(17)7-4-10-20-19;12-10-6-11(15-8-14-10)13-7-9-4-2-1-3-5-9;12-11-13-7-6-10(15-11)14-8-9-4-2-1-3-5-9;2*8-6-7-4-2-1-3-5-7;5-3-1-4(6)8-2-7-3/h1-7,10-13H,8-9H2,(H,20,22);1-7,10-13H,8-9H2,(H,20,21);1-6,8H,7H2,(H,13,14,15);1-7H,8H2,(H,13,14,15);2*1-5H,6,8H2;1-2H. The first kappa shape index (κ1) is 73.0. The smallest absolute Gasteiger partial charge is 0.224 e. The summed E-state index contributed by atoms with van der Waals surface area (Å²) in [7, 11) is 0. The number of aryl methyl sites for hydroxylation is 4. The van der Waals surface area contributed by atoms with E-state index < -0.39 is 0 Å². The average Bonchev–Trinajstić information content (AvgIpc) is 1.66. The first-order chi connectivity index (χ1) is 49.1. The third-order valence-corrected chi connectivity index (χ3v) is 15.3. The van der Waals surface area contributed by atoms with Gasteiger partial charge in [-0.05, 0) is 113 Å². The number of pyridine rings is 2. The van der Waals surface area contributed by atoms with Gasteiger partial charge in [0.1, 0.15) is 57.4 Å². The second kappa shape index (κ2) is 41.1. The van der Waals surface area contributed by atoms with Crippen LogP contribution in [0.15, 0.2) is 293 Å². The molecular formula is C78H72Cl4N18. The van der Waals surface area contributed by atoms with E-state index in [1.54, 1.807) is 37.1 Å². The molecule has 6 aromatic carbocycles. The van der Waals surface area contributed by atoms with Crippen molar-refractivity contribution in [3.8, 4) is 22.6 Å². The number of halogens is 4. The molecule has 15 aromatic rings. The first-order valence-electron chi connectivity index (χ1n) is 31.8. The lowest BCUT2D eigenvalue weighted by atomic mass is 10.1. The van der Waals surface area contributed by atoms with Crippen LogP contribution in [0, 0.1) is 0 Å². The van der Waals surface area contributed by atoms with Crippen LogP contribution in [0.1, 0.15) is 44.8 Å². The summed E-state index contributed by atoms with van der Waals surface area (Å²) in [4.78, 5) is 55.9. The second-order valence-electron chi connectivity index (χ2n) is 21.6. The van der Waals surface area contributed by atoms with E-state index in [0.717, 1.165) is 107 Å². The van der Waals surface area contributed by atoms with Crippen LogP contribution in [0.4, 0.5) is 11.6 Å². The Bertz CT molecular complexity index is 4480. The molecule has 22 heteroatoms. The van der Waals surface area contributed by atoms with Crippen LogP contribution in [-0.2, 0) is 51.9 Å². The summed E-state index contributed by atoms with van der Waals surface area (Å²) in [5, 5.41) is 9.90. The van der Waals surface area contributed by atoms with Gasteiger partial charge >= 0.3 is 0 Å². The Labute approximate surface area is 600 Å². The lowest BCUT2D eigenvalue weighted by Gasteiger charge is -2.04. The van der Waals surface area contributed by atoms with E-state index >= 15 is 0 Å². The molecule has 0 spiro atoms. The topological polar surface area (TPSA) is 262 Å². The zero-order chi connectivity index (χ0) is 69.6. The Kier molecular flexibility index (Phi) is 30.0. The minimum atomic E-state index is 0.257. The zero-order valence-electron chi connectivity index (χ0n) is 54.4. The lowest BCUT2D eigenvalue weighted by Crippen LogP contribution is -2.01. The maximum absolute atomic E-state index is 5.74. The Morgan fingerprint density at radius 1 is 0.330 bits per heavy atom.